The number of hydrogen-bond acceptors (Lipinski definition) is 2. The van der Waals surface area contributed by atoms with E-state index in [2.05, 4.69) is 36.9 Å². The van der Waals surface area contributed by atoms with Gasteiger partial charge in [0.1, 0.15) is 32.7 Å². The van der Waals surface area contributed by atoms with Crippen LogP contribution in [-0.4, -0.2) is 55.6 Å². The van der Waals surface area contributed by atoms with E-state index in [9.17, 15) is 4.79 Å². The highest BCUT2D eigenvalue weighted by atomic mass is 16.2. The second-order valence-corrected chi connectivity index (χ2v) is 8.85. The molecule has 1 saturated heterocycles. The van der Waals surface area contributed by atoms with Gasteiger partial charge in [0.2, 0.25) is 0 Å². The summed E-state index contributed by atoms with van der Waals surface area (Å²) in [5, 5.41) is 8.92. The Bertz CT molecular complexity index is 665. The third-order valence-electron chi connectivity index (χ3n) is 6.42. The maximum atomic E-state index is 13.1. The molecule has 28 heavy (non-hydrogen) atoms. The van der Waals surface area contributed by atoms with Gasteiger partial charge in [-0.15, -0.1) is 0 Å². The van der Waals surface area contributed by atoms with E-state index >= 15 is 0 Å². The zero-order valence-electron chi connectivity index (χ0n) is 17.5. The van der Waals surface area contributed by atoms with Gasteiger partial charge in [-0.05, 0) is 38.8 Å². The molecule has 152 valence electrons. The molecular formula is C23H36N4O+2. The van der Waals surface area contributed by atoms with Crippen LogP contribution in [0.15, 0.2) is 24.3 Å². The zero-order chi connectivity index (χ0) is 19.9. The maximum absolute atomic E-state index is 13.1. The van der Waals surface area contributed by atoms with Crippen LogP contribution in [0.2, 0.25) is 0 Å². The van der Waals surface area contributed by atoms with Crippen LogP contribution in [0.3, 0.4) is 0 Å². The van der Waals surface area contributed by atoms with Crippen LogP contribution in [-0.2, 0) is 11.3 Å². The molecule has 1 heterocycles. The quantitative estimate of drug-likeness (QED) is 0.747. The SMILES string of the molecule is CC(C)N(C(=O)C[NH+]1CC[NH+](Cc2ccc(C#N)cc2)CC1)C1CCCCC1. The van der Waals surface area contributed by atoms with Crippen LogP contribution in [0.25, 0.3) is 0 Å². The minimum atomic E-state index is 0.304. The van der Waals surface area contributed by atoms with Crippen molar-refractivity contribution in [1.29, 1.82) is 5.26 Å². The van der Waals surface area contributed by atoms with E-state index in [-0.39, 0.29) is 0 Å². The molecule has 0 unspecified atom stereocenters. The van der Waals surface area contributed by atoms with Crippen molar-refractivity contribution in [1.82, 2.24) is 4.90 Å². The first-order valence-electron chi connectivity index (χ1n) is 11.0. The Morgan fingerprint density at radius 1 is 1.07 bits per heavy atom. The Labute approximate surface area is 169 Å². The molecule has 0 radical (unpaired) electrons. The van der Waals surface area contributed by atoms with Gasteiger partial charge >= 0.3 is 0 Å². The van der Waals surface area contributed by atoms with Gasteiger partial charge in [0.05, 0.1) is 11.6 Å². The number of rotatable bonds is 6. The van der Waals surface area contributed by atoms with Crippen LogP contribution >= 0.6 is 0 Å². The summed E-state index contributed by atoms with van der Waals surface area (Å²) in [6.45, 7) is 10.3. The predicted octanol–water partition coefficient (Wildman–Crippen LogP) is 0.411. The van der Waals surface area contributed by atoms with Crippen molar-refractivity contribution in [3.05, 3.63) is 35.4 Å². The molecule has 1 aliphatic carbocycles. The number of benzene rings is 1. The molecule has 0 bridgehead atoms. The van der Waals surface area contributed by atoms with Crippen molar-refractivity contribution in [2.75, 3.05) is 32.7 Å². The smallest absolute Gasteiger partial charge is 0.278 e. The summed E-state index contributed by atoms with van der Waals surface area (Å²) in [6, 6.07) is 10.9. The highest BCUT2D eigenvalue weighted by Gasteiger charge is 2.31. The minimum absolute atomic E-state index is 0.304. The summed E-state index contributed by atoms with van der Waals surface area (Å²) < 4.78 is 0. The van der Waals surface area contributed by atoms with Crippen molar-refractivity contribution < 1.29 is 14.6 Å². The minimum Gasteiger partial charge on any atom is -0.332 e. The monoisotopic (exact) mass is 384 g/mol. The molecule has 2 aliphatic rings. The fourth-order valence-corrected chi connectivity index (χ4v) is 4.87. The largest absolute Gasteiger partial charge is 0.332 e. The molecule has 2 fully saturated rings. The van der Waals surface area contributed by atoms with Gasteiger partial charge in [-0.2, -0.15) is 5.26 Å². The molecule has 1 saturated carbocycles. The Balaban J connectivity index is 1.47. The molecule has 0 spiro atoms. The third-order valence-corrected chi connectivity index (χ3v) is 6.42. The topological polar surface area (TPSA) is 53.0 Å². The van der Waals surface area contributed by atoms with Crippen LogP contribution < -0.4 is 9.80 Å². The van der Waals surface area contributed by atoms with Gasteiger partial charge < -0.3 is 14.7 Å². The summed E-state index contributed by atoms with van der Waals surface area (Å²) >= 11 is 0. The van der Waals surface area contributed by atoms with Crippen molar-refractivity contribution in [2.24, 2.45) is 0 Å². The van der Waals surface area contributed by atoms with Crippen molar-refractivity contribution in [3.8, 4) is 6.07 Å². The van der Waals surface area contributed by atoms with E-state index in [4.69, 9.17) is 5.26 Å². The second-order valence-electron chi connectivity index (χ2n) is 8.85. The van der Waals surface area contributed by atoms with E-state index in [0.717, 1.165) is 38.3 Å². The standard InChI is InChI=1S/C23H34N4O/c1-19(2)27(22-6-4-3-5-7-22)23(28)18-26-14-12-25(13-15-26)17-21-10-8-20(16-24)9-11-21/h8-11,19,22H,3-7,12-15,17-18H2,1-2H3/p+2. The number of quaternary nitrogens is 2. The molecule has 1 aromatic rings. The van der Waals surface area contributed by atoms with Crippen LogP contribution in [0.1, 0.15) is 57.1 Å². The molecule has 3 rings (SSSR count). The lowest BCUT2D eigenvalue weighted by Crippen LogP contribution is -3.28. The summed E-state index contributed by atoms with van der Waals surface area (Å²) in [5.41, 5.74) is 2.01. The highest BCUT2D eigenvalue weighted by Crippen LogP contribution is 2.24. The number of amides is 1. The molecule has 1 amide bonds. The number of carbonyl (C=O) groups is 1. The summed E-state index contributed by atoms with van der Waals surface area (Å²) in [7, 11) is 0. The zero-order valence-corrected chi connectivity index (χ0v) is 17.5. The number of hydrogen-bond donors (Lipinski definition) is 2. The maximum Gasteiger partial charge on any atom is 0.278 e. The Morgan fingerprint density at radius 2 is 1.68 bits per heavy atom. The lowest BCUT2D eigenvalue weighted by Gasteiger charge is -2.38. The summed E-state index contributed by atoms with van der Waals surface area (Å²) in [5.74, 6) is 0.354. The van der Waals surface area contributed by atoms with Gasteiger partial charge in [0.15, 0.2) is 6.54 Å². The Morgan fingerprint density at radius 3 is 2.25 bits per heavy atom. The Kier molecular flexibility index (Phi) is 7.47. The number of piperazine rings is 1. The first-order valence-corrected chi connectivity index (χ1v) is 11.0. The highest BCUT2D eigenvalue weighted by molar-refractivity contribution is 5.77. The lowest BCUT2D eigenvalue weighted by molar-refractivity contribution is -1.02. The molecule has 0 atom stereocenters. The van der Waals surface area contributed by atoms with Gasteiger partial charge in [-0.3, -0.25) is 4.79 Å². The number of nitrogens with one attached hydrogen (secondary N) is 2. The van der Waals surface area contributed by atoms with E-state index in [0.29, 0.717) is 24.5 Å². The van der Waals surface area contributed by atoms with Crippen molar-refractivity contribution >= 4 is 5.91 Å². The van der Waals surface area contributed by atoms with Gasteiger partial charge in [0.25, 0.3) is 5.91 Å². The summed E-state index contributed by atoms with van der Waals surface area (Å²) in [6.07, 6.45) is 6.23. The van der Waals surface area contributed by atoms with Crippen LogP contribution in [0, 0.1) is 11.3 Å². The number of carbonyl (C=O) groups excluding carboxylic acids is 1. The van der Waals surface area contributed by atoms with E-state index in [1.165, 1.54) is 42.6 Å². The normalized spacial score (nSPS) is 23.4. The summed E-state index contributed by atoms with van der Waals surface area (Å²) in [4.78, 5) is 18.3. The first-order chi connectivity index (χ1) is 13.6. The molecule has 2 N–H and O–H groups in total. The molecule has 5 nitrogen and oxygen atoms in total. The van der Waals surface area contributed by atoms with Crippen LogP contribution in [0.5, 0.6) is 0 Å². The fourth-order valence-electron chi connectivity index (χ4n) is 4.87. The average molecular weight is 385 g/mol. The Hall–Kier alpha value is -1.90. The van der Waals surface area contributed by atoms with Gasteiger partial charge in [-0.1, -0.05) is 31.4 Å². The predicted molar refractivity (Wildman–Crippen MR) is 110 cm³/mol. The number of nitrogens with zero attached hydrogens (tertiary/aromatic N) is 2. The second kappa shape index (κ2) is 10.0. The van der Waals surface area contributed by atoms with Crippen molar-refractivity contribution in [3.63, 3.8) is 0 Å². The molecular weight excluding hydrogens is 348 g/mol. The van der Waals surface area contributed by atoms with E-state index in [1.807, 2.05) is 12.1 Å². The van der Waals surface area contributed by atoms with Crippen LogP contribution in [0.4, 0.5) is 0 Å². The fraction of sp³-hybridized carbons (Fsp3) is 0.652. The average Bonchev–Trinajstić information content (AvgIpc) is 2.71. The van der Waals surface area contributed by atoms with E-state index in [1.54, 1.807) is 4.90 Å². The van der Waals surface area contributed by atoms with Gasteiger partial charge in [-0.25, -0.2) is 0 Å². The van der Waals surface area contributed by atoms with Gasteiger partial charge in [0, 0.05) is 17.6 Å². The molecule has 0 aromatic heterocycles. The van der Waals surface area contributed by atoms with E-state index < -0.39 is 0 Å². The first kappa shape index (κ1) is 20.8. The molecule has 5 heteroatoms. The number of nitriles is 1. The molecule has 1 aromatic carbocycles. The molecule has 1 aliphatic heterocycles. The van der Waals surface area contributed by atoms with Crippen molar-refractivity contribution in [2.45, 2.75) is 64.6 Å². The third kappa shape index (κ3) is 5.56. The lowest BCUT2D eigenvalue weighted by atomic mass is 9.93.